The van der Waals surface area contributed by atoms with Crippen molar-refractivity contribution in [1.29, 1.82) is 10.5 Å². The molecule has 4 aromatic rings. The van der Waals surface area contributed by atoms with Gasteiger partial charge in [-0.3, -0.25) is 19.4 Å². The number of carboxylic acid groups (broad SMARTS) is 2. The minimum atomic E-state index is -4.68. The highest BCUT2D eigenvalue weighted by molar-refractivity contribution is 5.73. The summed E-state index contributed by atoms with van der Waals surface area (Å²) in [4.78, 5) is 26.5. The molecule has 0 amide bonds. The molecule has 2 saturated carbocycles. The Morgan fingerprint density at radius 1 is 0.580 bits per heavy atom. The number of ether oxygens (including phenoxy) is 3. The first-order valence-corrected chi connectivity index (χ1v) is 22.6. The van der Waals surface area contributed by atoms with E-state index in [2.05, 4.69) is 25.2 Å². The van der Waals surface area contributed by atoms with Crippen molar-refractivity contribution < 1.29 is 60.4 Å². The van der Waals surface area contributed by atoms with Crippen LogP contribution >= 0.6 is 0 Å². The van der Waals surface area contributed by atoms with Gasteiger partial charge in [-0.1, -0.05) is 48.5 Å². The molecule has 4 aromatic carbocycles. The quantitative estimate of drug-likeness (QED) is 0.0495. The van der Waals surface area contributed by atoms with Crippen LogP contribution in [-0.4, -0.2) is 103 Å². The lowest BCUT2D eigenvalue weighted by molar-refractivity contribution is -0.274. The fourth-order valence-electron chi connectivity index (χ4n) is 9.28. The van der Waals surface area contributed by atoms with Crippen molar-refractivity contribution in [1.82, 2.24) is 20.4 Å². The number of nitrogens with zero attached hydrogens (tertiary/aromatic N) is 4. The normalized spacial score (nSPS) is 22.4. The maximum atomic E-state index is 12.7. The van der Waals surface area contributed by atoms with Crippen LogP contribution in [0.3, 0.4) is 0 Å². The van der Waals surface area contributed by atoms with E-state index in [1.165, 1.54) is 12.1 Å². The second-order valence-electron chi connectivity index (χ2n) is 17.8. The zero-order valence-corrected chi connectivity index (χ0v) is 37.3. The maximum absolute atomic E-state index is 12.7. The van der Waals surface area contributed by atoms with Crippen LogP contribution in [-0.2, 0) is 41.7 Å². The molecule has 8 rings (SSSR count). The van der Waals surface area contributed by atoms with E-state index in [0.717, 1.165) is 60.6 Å². The Bertz CT molecular complexity index is 2400. The van der Waals surface area contributed by atoms with Gasteiger partial charge in [0.2, 0.25) is 0 Å². The molecular weight excluding hydrogens is 911 g/mol. The highest BCUT2D eigenvalue weighted by Gasteiger charge is 2.56. The van der Waals surface area contributed by atoms with Gasteiger partial charge < -0.3 is 35.1 Å². The van der Waals surface area contributed by atoms with Crippen molar-refractivity contribution in [3.05, 3.63) is 125 Å². The van der Waals surface area contributed by atoms with Gasteiger partial charge in [-0.25, -0.2) is 0 Å². The van der Waals surface area contributed by atoms with E-state index in [9.17, 15) is 35.9 Å². The Labute approximate surface area is 395 Å². The molecule has 2 saturated heterocycles. The molecule has 4 N–H and O–H groups in total. The smallest absolute Gasteiger partial charge is 0.492 e. The van der Waals surface area contributed by atoms with Gasteiger partial charge in [-0.15, -0.1) is 13.2 Å². The van der Waals surface area contributed by atoms with Crippen LogP contribution in [0.2, 0.25) is 0 Å². The van der Waals surface area contributed by atoms with E-state index in [4.69, 9.17) is 30.2 Å². The number of carbonyl (C=O) groups is 2. The Morgan fingerprint density at radius 2 is 0.928 bits per heavy atom. The average Bonchev–Trinajstić information content (AvgIpc) is 3.97. The summed E-state index contributed by atoms with van der Waals surface area (Å²) in [7, 11) is 0. The highest BCUT2D eigenvalue weighted by atomic mass is 19.4. The number of hydrogen-bond acceptors (Lipinski definition) is 11. The number of nitrogens with one attached hydrogen (secondary N) is 2. The Morgan fingerprint density at radius 3 is 1.26 bits per heavy atom. The van der Waals surface area contributed by atoms with Crippen molar-refractivity contribution in [2.75, 3.05) is 52.5 Å². The number of carboxylic acids is 2. The SMILES string of the molecule is N#CC(Cc1ccc(OCCNC2C3CN(Cc4ccc(OC(F)(F)F)cc4)C[C@@H]32)cc1)C(=O)O.N#C[C@H](Cc1ccc(OCCNC2C3CN(Cc4ccc(C(F)(F)F)cc4)C[C@@H]32)cc1)C(=O)O. The van der Waals surface area contributed by atoms with Gasteiger partial charge in [0.05, 0.1) is 17.7 Å². The summed E-state index contributed by atoms with van der Waals surface area (Å²) in [6.45, 7) is 7.55. The molecule has 4 fully saturated rings. The average molecular weight is 963 g/mol. The van der Waals surface area contributed by atoms with E-state index < -0.39 is 41.9 Å². The minimum Gasteiger partial charge on any atom is -0.492 e. The van der Waals surface area contributed by atoms with Crippen molar-refractivity contribution in [2.45, 2.75) is 50.6 Å². The highest BCUT2D eigenvalue weighted by Crippen LogP contribution is 2.47. The first kappa shape index (κ1) is 50.5. The summed E-state index contributed by atoms with van der Waals surface area (Å²) in [5.41, 5.74) is 2.77. The van der Waals surface area contributed by atoms with Crippen molar-refractivity contribution in [2.24, 2.45) is 35.5 Å². The standard InChI is InChI=1S/C25H26F3N3O4.C25H26F3N3O3/c26-25(27,28)35-20-7-3-17(4-8-20)13-31-14-21-22(15-31)23(21)30-9-10-34-19-5-1-16(2-6-19)11-18(12-29)24(32)33;26-25(27,28)19-5-1-17(2-6-19)13-31-14-21-22(15-31)23(21)30-9-10-34-20-7-3-16(4-8-20)11-18(12-29)24(32)33/h1-8,18,21-23,30H,9-11,13-15H2,(H,32,33);1-8,18,21-23,30H,9-11,13-15H2,(H,32,33)/t18?,21-,22?,23?;18-,21-,22?,23?/m00/s1. The van der Waals surface area contributed by atoms with Gasteiger partial charge in [0.1, 0.15) is 42.3 Å². The Balaban J connectivity index is 0.000000204. The fourth-order valence-corrected chi connectivity index (χ4v) is 9.28. The van der Waals surface area contributed by atoms with Crippen molar-refractivity contribution in [3.63, 3.8) is 0 Å². The largest absolute Gasteiger partial charge is 0.573 e. The van der Waals surface area contributed by atoms with Crippen LogP contribution in [0.15, 0.2) is 97.1 Å². The molecule has 0 bridgehead atoms. The molecule has 69 heavy (non-hydrogen) atoms. The number of rotatable bonds is 21. The lowest BCUT2D eigenvalue weighted by Gasteiger charge is -2.20. The number of alkyl halides is 6. The van der Waals surface area contributed by atoms with Crippen molar-refractivity contribution in [3.8, 4) is 29.4 Å². The molecule has 5 unspecified atom stereocenters. The molecule has 0 radical (unpaired) electrons. The monoisotopic (exact) mass is 962 g/mol. The van der Waals surface area contributed by atoms with Crippen LogP contribution in [0.25, 0.3) is 0 Å². The van der Waals surface area contributed by atoms with Crippen molar-refractivity contribution >= 4 is 11.9 Å². The topological polar surface area (TPSA) is 180 Å². The molecule has 2 heterocycles. The van der Waals surface area contributed by atoms with Crippen LogP contribution in [0, 0.1) is 58.2 Å². The molecule has 4 aliphatic rings. The summed E-state index contributed by atoms with van der Waals surface area (Å²) in [5.74, 6) is -0.916. The Hall–Kier alpha value is -6.38. The number of nitriles is 2. The third-order valence-electron chi connectivity index (χ3n) is 12.9. The zero-order valence-electron chi connectivity index (χ0n) is 37.3. The van der Waals surface area contributed by atoms with E-state index in [-0.39, 0.29) is 18.6 Å². The molecule has 0 aromatic heterocycles. The molecule has 13 nitrogen and oxygen atoms in total. The van der Waals surface area contributed by atoms with Gasteiger partial charge in [0.15, 0.2) is 0 Å². The molecular formula is C50H52F6N6O7. The minimum absolute atomic E-state index is 0.160. The first-order valence-electron chi connectivity index (χ1n) is 22.6. The van der Waals surface area contributed by atoms with Gasteiger partial charge in [0, 0.05) is 64.4 Å². The van der Waals surface area contributed by atoms with Gasteiger partial charge in [-0.2, -0.15) is 23.7 Å². The zero-order chi connectivity index (χ0) is 49.3. The van der Waals surface area contributed by atoms with E-state index in [1.807, 2.05) is 0 Å². The summed E-state index contributed by atoms with van der Waals surface area (Å²) in [6.07, 6.45) is -8.66. The number of piperidine rings is 2. The second kappa shape index (κ2) is 22.4. The number of benzene rings is 4. The lowest BCUT2D eigenvalue weighted by atomic mass is 10.0. The molecule has 19 heteroatoms. The summed E-state index contributed by atoms with van der Waals surface area (Å²) < 4.78 is 90.3. The predicted molar refractivity (Wildman–Crippen MR) is 237 cm³/mol. The van der Waals surface area contributed by atoms with E-state index in [0.29, 0.717) is 86.6 Å². The third-order valence-corrected chi connectivity index (χ3v) is 12.9. The van der Waals surface area contributed by atoms with E-state index >= 15 is 0 Å². The lowest BCUT2D eigenvalue weighted by Crippen LogP contribution is -2.33. The van der Waals surface area contributed by atoms with Crippen LogP contribution in [0.4, 0.5) is 26.3 Å². The summed E-state index contributed by atoms with van der Waals surface area (Å²) in [6, 6.07) is 30.1. The van der Waals surface area contributed by atoms with Gasteiger partial charge in [-0.05, 0) is 107 Å². The summed E-state index contributed by atoms with van der Waals surface area (Å²) >= 11 is 0. The molecule has 0 spiro atoms. The number of likely N-dealkylation sites (tertiary alicyclic amines) is 2. The molecule has 2 aliphatic carbocycles. The maximum Gasteiger partial charge on any atom is 0.573 e. The van der Waals surface area contributed by atoms with E-state index in [1.54, 1.807) is 84.9 Å². The number of fused-ring (bicyclic) bond motifs is 2. The fraction of sp³-hybridized carbons (Fsp3) is 0.440. The summed E-state index contributed by atoms with van der Waals surface area (Å²) in [5, 5.41) is 42.7. The second-order valence-corrected chi connectivity index (χ2v) is 17.8. The molecule has 2 aliphatic heterocycles. The number of aliphatic carboxylic acids is 2. The third kappa shape index (κ3) is 14.6. The van der Waals surface area contributed by atoms with Gasteiger partial charge >= 0.3 is 24.5 Å². The van der Waals surface area contributed by atoms with Crippen LogP contribution in [0.5, 0.6) is 17.2 Å². The molecule has 8 atom stereocenters. The Kier molecular flexibility index (Phi) is 16.4. The first-order chi connectivity index (χ1) is 33.0. The number of halogens is 6. The number of hydrogen-bond donors (Lipinski definition) is 4. The van der Waals surface area contributed by atoms with Gasteiger partial charge in [0.25, 0.3) is 0 Å². The van der Waals surface area contributed by atoms with Crippen LogP contribution < -0.4 is 24.8 Å². The van der Waals surface area contributed by atoms with Crippen LogP contribution in [0.1, 0.15) is 27.8 Å². The molecule has 366 valence electrons. The predicted octanol–water partition coefficient (Wildman–Crippen LogP) is 7.02.